The molecule has 1 aromatic carbocycles. The molecule has 0 aliphatic heterocycles. The summed E-state index contributed by atoms with van der Waals surface area (Å²) in [5, 5.41) is 3.24. The van der Waals surface area contributed by atoms with E-state index in [1.54, 1.807) is 0 Å². The average Bonchev–Trinajstić information content (AvgIpc) is 2.32. The Kier molecular flexibility index (Phi) is 6.48. The summed E-state index contributed by atoms with van der Waals surface area (Å²) in [5.74, 6) is 0.153. The van der Waals surface area contributed by atoms with Crippen molar-refractivity contribution < 1.29 is 13.2 Å². The number of nitrogens with one attached hydrogen (secondary N) is 1. The van der Waals surface area contributed by atoms with Crippen LogP contribution in [0.15, 0.2) is 24.3 Å². The first-order valence-corrected chi connectivity index (χ1v) is 8.54. The summed E-state index contributed by atoms with van der Waals surface area (Å²) in [6.07, 6.45) is 1.26. The lowest BCUT2D eigenvalue weighted by atomic mass is 10.1. The number of ether oxygens (including phenoxy) is 1. The van der Waals surface area contributed by atoms with Crippen LogP contribution in [0.2, 0.25) is 0 Å². The molecule has 0 aliphatic rings. The summed E-state index contributed by atoms with van der Waals surface area (Å²) >= 11 is 0. The van der Waals surface area contributed by atoms with Gasteiger partial charge in [0.2, 0.25) is 0 Å². The van der Waals surface area contributed by atoms with Gasteiger partial charge >= 0.3 is 0 Å². The number of benzene rings is 1. The van der Waals surface area contributed by atoms with Gasteiger partial charge in [0.15, 0.2) is 0 Å². The van der Waals surface area contributed by atoms with Gasteiger partial charge in [-0.05, 0) is 25.0 Å². The van der Waals surface area contributed by atoms with Crippen LogP contribution in [0.3, 0.4) is 0 Å². The van der Waals surface area contributed by atoms with E-state index in [1.807, 2.05) is 38.1 Å². The van der Waals surface area contributed by atoms with Gasteiger partial charge in [0.25, 0.3) is 0 Å². The Bertz CT molecular complexity index is 485. The lowest BCUT2D eigenvalue weighted by Gasteiger charge is -2.15. The van der Waals surface area contributed by atoms with Crippen molar-refractivity contribution in [1.29, 1.82) is 0 Å². The van der Waals surface area contributed by atoms with Crippen molar-refractivity contribution >= 4 is 9.84 Å². The Morgan fingerprint density at radius 2 is 1.89 bits per heavy atom. The minimum absolute atomic E-state index is 0.0600. The molecule has 1 unspecified atom stereocenters. The molecule has 0 amide bonds. The molecule has 0 radical (unpaired) electrons. The molecular weight excluding hydrogens is 262 g/mol. The molecule has 19 heavy (non-hydrogen) atoms. The molecular formula is C14H23NO3S. The zero-order chi connectivity index (χ0) is 14.3. The molecule has 1 atom stereocenters. The molecule has 1 aromatic rings. The van der Waals surface area contributed by atoms with E-state index in [0.29, 0.717) is 19.8 Å². The fourth-order valence-electron chi connectivity index (χ4n) is 1.88. The highest BCUT2D eigenvalue weighted by molar-refractivity contribution is 7.90. The van der Waals surface area contributed by atoms with Gasteiger partial charge in [-0.3, -0.25) is 0 Å². The zero-order valence-electron chi connectivity index (χ0n) is 11.8. The minimum Gasteiger partial charge on any atom is -0.377 e. The normalized spacial score (nSPS) is 13.4. The Hall–Kier alpha value is -0.910. The first-order valence-electron chi connectivity index (χ1n) is 6.48. The maximum atomic E-state index is 11.2. The molecule has 1 N–H and O–H groups in total. The fraction of sp³-hybridized carbons (Fsp3) is 0.571. The first-order chi connectivity index (χ1) is 8.92. The number of rotatable bonds is 8. The van der Waals surface area contributed by atoms with Gasteiger partial charge in [0.05, 0.1) is 12.4 Å². The number of hydrogen-bond acceptors (Lipinski definition) is 4. The monoisotopic (exact) mass is 285 g/mol. The highest BCUT2D eigenvalue weighted by atomic mass is 32.2. The SMILES string of the molecule is CCOCc1ccccc1CNC(C)CS(C)(=O)=O. The van der Waals surface area contributed by atoms with E-state index in [9.17, 15) is 8.42 Å². The minimum atomic E-state index is -2.94. The summed E-state index contributed by atoms with van der Waals surface area (Å²) in [4.78, 5) is 0. The second kappa shape index (κ2) is 7.62. The van der Waals surface area contributed by atoms with Crippen molar-refractivity contribution in [3.63, 3.8) is 0 Å². The van der Waals surface area contributed by atoms with Crippen LogP contribution in [-0.2, 0) is 27.7 Å². The van der Waals surface area contributed by atoms with E-state index in [2.05, 4.69) is 5.32 Å². The van der Waals surface area contributed by atoms with Gasteiger partial charge in [0, 0.05) is 25.4 Å². The molecule has 0 aliphatic carbocycles. The van der Waals surface area contributed by atoms with Gasteiger partial charge in [-0.25, -0.2) is 8.42 Å². The van der Waals surface area contributed by atoms with Crippen LogP contribution in [0.1, 0.15) is 25.0 Å². The average molecular weight is 285 g/mol. The second-order valence-electron chi connectivity index (χ2n) is 4.78. The van der Waals surface area contributed by atoms with Crippen LogP contribution in [0.5, 0.6) is 0 Å². The predicted octanol–water partition coefficient (Wildman–Crippen LogP) is 1.75. The third-order valence-corrected chi connectivity index (χ3v) is 3.88. The van der Waals surface area contributed by atoms with Gasteiger partial charge in [-0.1, -0.05) is 24.3 Å². The maximum Gasteiger partial charge on any atom is 0.148 e. The summed E-state index contributed by atoms with van der Waals surface area (Å²) in [6.45, 7) is 5.78. The van der Waals surface area contributed by atoms with Crippen molar-refractivity contribution in [1.82, 2.24) is 5.32 Å². The predicted molar refractivity (Wildman–Crippen MR) is 77.8 cm³/mol. The standard InChI is InChI=1S/C14H23NO3S/c1-4-18-10-14-8-6-5-7-13(14)9-15-12(2)11-19(3,16)17/h5-8,12,15H,4,9-11H2,1-3H3. The molecule has 5 heteroatoms. The van der Waals surface area contributed by atoms with Crippen LogP contribution in [0.4, 0.5) is 0 Å². The van der Waals surface area contributed by atoms with E-state index in [0.717, 1.165) is 11.1 Å². The molecule has 0 spiro atoms. The quantitative estimate of drug-likeness (QED) is 0.790. The van der Waals surface area contributed by atoms with Crippen molar-refractivity contribution in [2.45, 2.75) is 33.0 Å². The molecule has 0 bridgehead atoms. The molecule has 0 aromatic heterocycles. The van der Waals surface area contributed by atoms with Gasteiger partial charge < -0.3 is 10.1 Å². The van der Waals surface area contributed by atoms with Crippen LogP contribution < -0.4 is 5.32 Å². The van der Waals surface area contributed by atoms with Gasteiger partial charge in [-0.15, -0.1) is 0 Å². The topological polar surface area (TPSA) is 55.4 Å². The van der Waals surface area contributed by atoms with Crippen LogP contribution in [0.25, 0.3) is 0 Å². The highest BCUT2D eigenvalue weighted by Crippen LogP contribution is 2.10. The molecule has 0 fully saturated rings. The van der Waals surface area contributed by atoms with E-state index in [1.165, 1.54) is 6.26 Å². The van der Waals surface area contributed by atoms with Gasteiger partial charge in [0.1, 0.15) is 9.84 Å². The van der Waals surface area contributed by atoms with E-state index in [4.69, 9.17) is 4.74 Å². The van der Waals surface area contributed by atoms with E-state index >= 15 is 0 Å². The summed E-state index contributed by atoms with van der Waals surface area (Å²) < 4.78 is 27.8. The smallest absolute Gasteiger partial charge is 0.148 e. The first kappa shape index (κ1) is 16.1. The molecule has 108 valence electrons. The molecule has 0 saturated heterocycles. The highest BCUT2D eigenvalue weighted by Gasteiger charge is 2.10. The largest absolute Gasteiger partial charge is 0.377 e. The summed E-state index contributed by atoms with van der Waals surface area (Å²) in [5.41, 5.74) is 2.29. The summed E-state index contributed by atoms with van der Waals surface area (Å²) in [6, 6.07) is 7.98. The number of sulfone groups is 1. The van der Waals surface area contributed by atoms with Crippen molar-refractivity contribution in [2.24, 2.45) is 0 Å². The lowest BCUT2D eigenvalue weighted by molar-refractivity contribution is 0.133. The fourth-order valence-corrected chi connectivity index (χ4v) is 2.91. The van der Waals surface area contributed by atoms with E-state index < -0.39 is 9.84 Å². The molecule has 0 saturated carbocycles. The van der Waals surface area contributed by atoms with Crippen LogP contribution >= 0.6 is 0 Å². The Morgan fingerprint density at radius 3 is 2.47 bits per heavy atom. The Morgan fingerprint density at radius 1 is 1.26 bits per heavy atom. The van der Waals surface area contributed by atoms with Crippen LogP contribution in [0, 0.1) is 0 Å². The molecule has 1 rings (SSSR count). The van der Waals surface area contributed by atoms with Crippen molar-refractivity contribution in [3.05, 3.63) is 35.4 Å². The van der Waals surface area contributed by atoms with Crippen LogP contribution in [-0.4, -0.2) is 33.1 Å². The Labute approximate surface area is 116 Å². The Balaban J connectivity index is 2.57. The number of hydrogen-bond donors (Lipinski definition) is 1. The van der Waals surface area contributed by atoms with E-state index in [-0.39, 0.29) is 11.8 Å². The summed E-state index contributed by atoms with van der Waals surface area (Å²) in [7, 11) is -2.94. The van der Waals surface area contributed by atoms with Crippen molar-refractivity contribution in [2.75, 3.05) is 18.6 Å². The third-order valence-electron chi connectivity index (χ3n) is 2.77. The maximum absolute atomic E-state index is 11.2. The third kappa shape index (κ3) is 6.71. The lowest BCUT2D eigenvalue weighted by Crippen LogP contribution is -2.32. The molecule has 0 heterocycles. The van der Waals surface area contributed by atoms with Crippen molar-refractivity contribution in [3.8, 4) is 0 Å². The second-order valence-corrected chi connectivity index (χ2v) is 6.97. The molecule has 4 nitrogen and oxygen atoms in total. The zero-order valence-corrected chi connectivity index (χ0v) is 12.7. The van der Waals surface area contributed by atoms with Gasteiger partial charge in [-0.2, -0.15) is 0 Å².